The minimum absolute atomic E-state index is 0.202. The molecule has 6 heteroatoms. The highest BCUT2D eigenvalue weighted by atomic mass is 35.5. The van der Waals surface area contributed by atoms with E-state index in [-0.39, 0.29) is 5.75 Å². The van der Waals surface area contributed by atoms with Crippen molar-refractivity contribution in [2.24, 2.45) is 0 Å². The summed E-state index contributed by atoms with van der Waals surface area (Å²) in [5.74, 6) is -4.05. The van der Waals surface area contributed by atoms with Crippen LogP contribution in [0.5, 0.6) is 11.5 Å². The SMILES string of the molecule is Cc1cc(Oc2c(F)cc(C(=O)O)cc2F)ccc1Cl. The van der Waals surface area contributed by atoms with Crippen molar-refractivity contribution < 1.29 is 23.4 Å². The maximum atomic E-state index is 13.7. The number of benzene rings is 2. The Morgan fingerprint density at radius 3 is 2.30 bits per heavy atom. The molecule has 2 aromatic rings. The van der Waals surface area contributed by atoms with E-state index in [0.29, 0.717) is 22.7 Å². The predicted octanol–water partition coefficient (Wildman–Crippen LogP) is 4.42. The molecule has 0 saturated heterocycles. The first-order valence-electron chi connectivity index (χ1n) is 5.55. The molecule has 0 saturated carbocycles. The van der Waals surface area contributed by atoms with Gasteiger partial charge in [-0.3, -0.25) is 0 Å². The highest BCUT2D eigenvalue weighted by Crippen LogP contribution is 2.30. The van der Waals surface area contributed by atoms with Crippen LogP contribution in [0, 0.1) is 18.6 Å². The number of carbonyl (C=O) groups is 1. The van der Waals surface area contributed by atoms with Gasteiger partial charge in [-0.25, -0.2) is 13.6 Å². The molecule has 3 nitrogen and oxygen atoms in total. The molecule has 2 rings (SSSR count). The normalized spacial score (nSPS) is 10.4. The van der Waals surface area contributed by atoms with Crippen LogP contribution in [-0.2, 0) is 0 Å². The fourth-order valence-corrected chi connectivity index (χ4v) is 1.70. The Kier molecular flexibility index (Phi) is 3.90. The topological polar surface area (TPSA) is 46.5 Å². The molecule has 0 atom stereocenters. The summed E-state index contributed by atoms with van der Waals surface area (Å²) in [7, 11) is 0. The third kappa shape index (κ3) is 2.88. The highest BCUT2D eigenvalue weighted by molar-refractivity contribution is 6.31. The van der Waals surface area contributed by atoms with Gasteiger partial charge in [-0.15, -0.1) is 0 Å². The van der Waals surface area contributed by atoms with Gasteiger partial charge >= 0.3 is 5.97 Å². The summed E-state index contributed by atoms with van der Waals surface area (Å²) in [6.07, 6.45) is 0. The van der Waals surface area contributed by atoms with E-state index in [9.17, 15) is 13.6 Å². The summed E-state index contributed by atoms with van der Waals surface area (Å²) >= 11 is 5.83. The number of halogens is 3. The summed E-state index contributed by atoms with van der Waals surface area (Å²) in [6, 6.07) is 5.91. The molecular weight excluding hydrogens is 290 g/mol. The van der Waals surface area contributed by atoms with Gasteiger partial charge in [-0.1, -0.05) is 11.6 Å². The largest absolute Gasteiger partial charge is 0.478 e. The lowest BCUT2D eigenvalue weighted by Gasteiger charge is -2.09. The molecule has 104 valence electrons. The van der Waals surface area contributed by atoms with Crippen LogP contribution in [0.2, 0.25) is 5.02 Å². The van der Waals surface area contributed by atoms with Crippen molar-refractivity contribution in [3.05, 3.63) is 58.1 Å². The lowest BCUT2D eigenvalue weighted by atomic mass is 10.2. The third-order valence-corrected chi connectivity index (χ3v) is 3.02. The van der Waals surface area contributed by atoms with E-state index < -0.39 is 28.9 Å². The van der Waals surface area contributed by atoms with E-state index in [2.05, 4.69) is 0 Å². The Bertz CT molecular complexity index is 663. The van der Waals surface area contributed by atoms with Gasteiger partial charge in [-0.2, -0.15) is 0 Å². The maximum Gasteiger partial charge on any atom is 0.335 e. The number of rotatable bonds is 3. The molecule has 0 aliphatic heterocycles. The van der Waals surface area contributed by atoms with E-state index in [0.717, 1.165) is 0 Å². The van der Waals surface area contributed by atoms with E-state index in [1.54, 1.807) is 6.92 Å². The highest BCUT2D eigenvalue weighted by Gasteiger charge is 2.16. The molecule has 0 aliphatic rings. The number of hydrogen-bond donors (Lipinski definition) is 1. The Morgan fingerprint density at radius 1 is 1.20 bits per heavy atom. The first-order chi connectivity index (χ1) is 9.38. The van der Waals surface area contributed by atoms with Gasteiger partial charge in [0.05, 0.1) is 5.56 Å². The van der Waals surface area contributed by atoms with Crippen LogP contribution >= 0.6 is 11.6 Å². The van der Waals surface area contributed by atoms with Crippen LogP contribution in [0.4, 0.5) is 8.78 Å². The zero-order valence-corrected chi connectivity index (χ0v) is 11.0. The van der Waals surface area contributed by atoms with Gasteiger partial charge in [0.1, 0.15) is 5.75 Å². The monoisotopic (exact) mass is 298 g/mol. The minimum atomic E-state index is -1.42. The molecule has 0 fully saturated rings. The van der Waals surface area contributed by atoms with Crippen LogP contribution in [-0.4, -0.2) is 11.1 Å². The van der Waals surface area contributed by atoms with Gasteiger partial charge in [0.15, 0.2) is 17.4 Å². The van der Waals surface area contributed by atoms with Crippen LogP contribution < -0.4 is 4.74 Å². The lowest BCUT2D eigenvalue weighted by Crippen LogP contribution is -2.01. The Hall–Kier alpha value is -2.14. The van der Waals surface area contributed by atoms with Crippen LogP contribution in [0.15, 0.2) is 30.3 Å². The summed E-state index contributed by atoms with van der Waals surface area (Å²) in [6.45, 7) is 1.72. The van der Waals surface area contributed by atoms with Crippen molar-refractivity contribution in [2.75, 3.05) is 0 Å². The predicted molar refractivity (Wildman–Crippen MR) is 69.6 cm³/mol. The van der Waals surface area contributed by atoms with Crippen molar-refractivity contribution in [1.29, 1.82) is 0 Å². The van der Waals surface area contributed by atoms with E-state index in [1.165, 1.54) is 18.2 Å². The number of hydrogen-bond acceptors (Lipinski definition) is 2. The smallest absolute Gasteiger partial charge is 0.335 e. The van der Waals surface area contributed by atoms with Crippen LogP contribution in [0.3, 0.4) is 0 Å². The molecule has 0 radical (unpaired) electrons. The third-order valence-electron chi connectivity index (χ3n) is 2.59. The molecule has 0 aromatic heterocycles. The average molecular weight is 299 g/mol. The van der Waals surface area contributed by atoms with Crippen molar-refractivity contribution >= 4 is 17.6 Å². The van der Waals surface area contributed by atoms with E-state index >= 15 is 0 Å². The average Bonchev–Trinajstić information content (AvgIpc) is 2.37. The Morgan fingerprint density at radius 2 is 1.80 bits per heavy atom. The molecule has 0 aliphatic carbocycles. The molecule has 0 amide bonds. The van der Waals surface area contributed by atoms with E-state index in [1.807, 2.05) is 0 Å². The first kappa shape index (κ1) is 14.3. The van der Waals surface area contributed by atoms with Gasteiger partial charge in [0, 0.05) is 5.02 Å². The van der Waals surface area contributed by atoms with Crippen LogP contribution in [0.1, 0.15) is 15.9 Å². The van der Waals surface area contributed by atoms with E-state index in [4.69, 9.17) is 21.4 Å². The zero-order valence-electron chi connectivity index (χ0n) is 10.3. The number of aryl methyl sites for hydroxylation is 1. The van der Waals surface area contributed by atoms with Crippen molar-refractivity contribution in [3.63, 3.8) is 0 Å². The molecular formula is C14H9ClF2O3. The molecule has 0 heterocycles. The zero-order chi connectivity index (χ0) is 14.9. The minimum Gasteiger partial charge on any atom is -0.478 e. The molecule has 2 aromatic carbocycles. The second-order valence-electron chi connectivity index (χ2n) is 4.09. The lowest BCUT2D eigenvalue weighted by molar-refractivity contribution is 0.0695. The van der Waals surface area contributed by atoms with Gasteiger partial charge < -0.3 is 9.84 Å². The fraction of sp³-hybridized carbons (Fsp3) is 0.0714. The van der Waals surface area contributed by atoms with Crippen molar-refractivity contribution in [1.82, 2.24) is 0 Å². The molecule has 0 spiro atoms. The Balaban J connectivity index is 2.38. The second kappa shape index (κ2) is 5.46. The first-order valence-corrected chi connectivity index (χ1v) is 5.92. The number of carboxylic acid groups (broad SMARTS) is 1. The molecule has 20 heavy (non-hydrogen) atoms. The summed E-state index contributed by atoms with van der Waals surface area (Å²) in [4.78, 5) is 10.7. The second-order valence-corrected chi connectivity index (χ2v) is 4.49. The number of aromatic carboxylic acids is 1. The quantitative estimate of drug-likeness (QED) is 0.912. The summed E-state index contributed by atoms with van der Waals surface area (Å²) < 4.78 is 32.5. The van der Waals surface area contributed by atoms with Crippen molar-refractivity contribution in [3.8, 4) is 11.5 Å². The summed E-state index contributed by atoms with van der Waals surface area (Å²) in [5.41, 5.74) is 0.201. The molecule has 0 unspecified atom stereocenters. The van der Waals surface area contributed by atoms with Crippen LogP contribution in [0.25, 0.3) is 0 Å². The maximum absolute atomic E-state index is 13.7. The number of carboxylic acids is 1. The number of ether oxygens (including phenoxy) is 1. The standard InChI is InChI=1S/C14H9ClF2O3/c1-7-4-9(2-3-10(7)15)20-13-11(16)5-8(14(18)19)6-12(13)17/h2-6H,1H3,(H,18,19). The molecule has 1 N–H and O–H groups in total. The Labute approximate surface area is 118 Å². The van der Waals surface area contributed by atoms with Gasteiger partial charge in [-0.05, 0) is 42.8 Å². The molecule has 0 bridgehead atoms. The summed E-state index contributed by atoms with van der Waals surface area (Å²) in [5, 5.41) is 9.19. The van der Waals surface area contributed by atoms with Crippen molar-refractivity contribution in [2.45, 2.75) is 6.92 Å². The van der Waals surface area contributed by atoms with Gasteiger partial charge in [0.2, 0.25) is 0 Å². The van der Waals surface area contributed by atoms with Gasteiger partial charge in [0.25, 0.3) is 0 Å². The fourth-order valence-electron chi connectivity index (χ4n) is 1.58.